The molecule has 0 radical (unpaired) electrons. The van der Waals surface area contributed by atoms with Crippen LogP contribution in [0, 0.1) is 0 Å². The van der Waals surface area contributed by atoms with E-state index in [9.17, 15) is 28.2 Å². The maximum atomic E-state index is 13.5. The lowest BCUT2D eigenvalue weighted by Gasteiger charge is -2.25. The van der Waals surface area contributed by atoms with E-state index in [1.54, 1.807) is 6.92 Å². The Morgan fingerprint density at radius 2 is 1.55 bits per heavy atom. The van der Waals surface area contributed by atoms with Crippen LogP contribution < -0.4 is 4.74 Å². The van der Waals surface area contributed by atoms with Crippen molar-refractivity contribution in [2.24, 2.45) is 0 Å². The topological polar surface area (TPSA) is 147 Å². The number of rotatable bonds is 7. The molecule has 3 rings (SSSR count). The molecule has 0 unspecified atom stereocenters. The Bertz CT molecular complexity index is 1290. The summed E-state index contributed by atoms with van der Waals surface area (Å²) < 4.78 is 41.6. The summed E-state index contributed by atoms with van der Waals surface area (Å²) in [5.41, 5.74) is -0.438. The summed E-state index contributed by atoms with van der Waals surface area (Å²) in [6.07, 6.45) is -0.295. The van der Waals surface area contributed by atoms with Crippen molar-refractivity contribution in [2.75, 3.05) is 7.11 Å². The molecule has 1 atom stereocenters. The average molecular weight is 673 g/mol. The minimum Gasteiger partial charge on any atom is -0.507 e. The number of ketones is 2. The Kier molecular flexibility index (Phi) is 7.61. The van der Waals surface area contributed by atoms with Gasteiger partial charge in [0.1, 0.15) is 21.7 Å². The minimum absolute atomic E-state index is 0.0375. The SMILES string of the molecule is CCC[C@H](Cc1cc(O)c2c(c1Br)C(=O)c1c(Br)c(O)c(Br)c(OC)c1C2=O)OS(=O)(=O)O. The number of halogens is 3. The van der Waals surface area contributed by atoms with Crippen LogP contribution in [0.1, 0.15) is 57.2 Å². The maximum Gasteiger partial charge on any atom is 0.397 e. The van der Waals surface area contributed by atoms with Crippen LogP contribution >= 0.6 is 47.8 Å². The highest BCUT2D eigenvalue weighted by molar-refractivity contribution is 9.11. The molecular weight excluding hydrogens is 656 g/mol. The van der Waals surface area contributed by atoms with Gasteiger partial charge in [-0.3, -0.25) is 14.1 Å². The monoisotopic (exact) mass is 670 g/mol. The molecular formula is C20H17Br3O9S. The zero-order valence-electron chi connectivity index (χ0n) is 17.1. The molecule has 3 N–H and O–H groups in total. The molecule has 0 aromatic heterocycles. The first-order valence-corrected chi connectivity index (χ1v) is 13.2. The molecule has 0 heterocycles. The van der Waals surface area contributed by atoms with Gasteiger partial charge >= 0.3 is 10.4 Å². The van der Waals surface area contributed by atoms with E-state index in [1.807, 2.05) is 0 Å². The smallest absolute Gasteiger partial charge is 0.397 e. The van der Waals surface area contributed by atoms with Gasteiger partial charge in [-0.1, -0.05) is 13.3 Å². The van der Waals surface area contributed by atoms with Crippen LogP contribution in [0.5, 0.6) is 17.2 Å². The van der Waals surface area contributed by atoms with E-state index in [4.69, 9.17) is 13.5 Å². The summed E-state index contributed by atoms with van der Waals surface area (Å²) in [5.74, 6) is -2.31. The highest BCUT2D eigenvalue weighted by Gasteiger charge is 2.41. The first kappa shape index (κ1) is 26.1. The normalized spacial score (nSPS) is 14.1. The maximum absolute atomic E-state index is 13.5. The number of benzene rings is 2. The average Bonchev–Trinajstić information content (AvgIpc) is 2.71. The van der Waals surface area contributed by atoms with E-state index < -0.39 is 33.8 Å². The van der Waals surface area contributed by atoms with Crippen LogP contribution in [-0.2, 0) is 21.0 Å². The predicted octanol–water partition coefficient (Wildman–Crippen LogP) is 4.70. The number of phenols is 2. The Labute approximate surface area is 214 Å². The van der Waals surface area contributed by atoms with Crippen LogP contribution in [0.25, 0.3) is 0 Å². The lowest BCUT2D eigenvalue weighted by atomic mass is 9.81. The standard InChI is InChI=1S/C20H17Br3O9S/c1-3-4-8(32-33(28,29)30)5-7-6-9(24)10-11(14(7)21)18(26)12-13(17(10)25)20(31-2)16(23)19(27)15(12)22/h6,8,24,27H,3-5H2,1-2H3,(H,28,29,30)/t8-/m1/s1. The second-order valence-corrected chi connectivity index (χ2v) is 10.6. The fourth-order valence-corrected chi connectivity index (χ4v) is 6.30. The minimum atomic E-state index is -4.74. The van der Waals surface area contributed by atoms with Gasteiger partial charge in [0.25, 0.3) is 0 Å². The number of aromatic hydroxyl groups is 2. The zero-order valence-corrected chi connectivity index (χ0v) is 22.7. The molecule has 1 aliphatic rings. The largest absolute Gasteiger partial charge is 0.507 e. The van der Waals surface area contributed by atoms with Crippen molar-refractivity contribution in [1.29, 1.82) is 0 Å². The molecule has 0 spiro atoms. The second kappa shape index (κ2) is 9.62. The van der Waals surface area contributed by atoms with Crippen LogP contribution in [0.15, 0.2) is 19.5 Å². The molecule has 1 aliphatic carbocycles. The molecule has 2 aromatic rings. The van der Waals surface area contributed by atoms with Crippen LogP contribution in [0.3, 0.4) is 0 Å². The van der Waals surface area contributed by atoms with Gasteiger partial charge < -0.3 is 14.9 Å². The fraction of sp³-hybridized carbons (Fsp3) is 0.300. The van der Waals surface area contributed by atoms with E-state index in [-0.39, 0.29) is 65.6 Å². The number of phenolic OH excluding ortho intramolecular Hbond substituents is 2. The molecule has 13 heteroatoms. The number of carbonyl (C=O) groups excluding carboxylic acids is 2. The van der Waals surface area contributed by atoms with Crippen LogP contribution in [-0.4, -0.2) is 48.0 Å². The van der Waals surface area contributed by atoms with Gasteiger partial charge in [-0.2, -0.15) is 8.42 Å². The molecule has 0 saturated carbocycles. The van der Waals surface area contributed by atoms with Gasteiger partial charge in [-0.05, 0) is 65.8 Å². The lowest BCUT2D eigenvalue weighted by molar-refractivity contribution is 0.0972. The van der Waals surface area contributed by atoms with Crippen LogP contribution in [0.4, 0.5) is 0 Å². The molecule has 0 fully saturated rings. The molecule has 0 saturated heterocycles. The number of methoxy groups -OCH3 is 1. The van der Waals surface area contributed by atoms with Gasteiger partial charge in [0.05, 0.1) is 39.9 Å². The van der Waals surface area contributed by atoms with Crippen molar-refractivity contribution in [2.45, 2.75) is 32.3 Å². The molecule has 9 nitrogen and oxygen atoms in total. The highest BCUT2D eigenvalue weighted by Crippen LogP contribution is 2.50. The van der Waals surface area contributed by atoms with Gasteiger partial charge in [-0.25, -0.2) is 4.18 Å². The second-order valence-electron chi connectivity index (χ2n) is 7.18. The Balaban J connectivity index is 2.23. The van der Waals surface area contributed by atoms with Gasteiger partial charge in [0, 0.05) is 10.9 Å². The van der Waals surface area contributed by atoms with Crippen molar-refractivity contribution in [3.05, 3.63) is 47.3 Å². The third-order valence-electron chi connectivity index (χ3n) is 5.06. The Morgan fingerprint density at radius 1 is 0.970 bits per heavy atom. The van der Waals surface area contributed by atoms with E-state index in [0.717, 1.165) is 0 Å². The number of hydrogen-bond acceptors (Lipinski definition) is 8. The van der Waals surface area contributed by atoms with E-state index in [1.165, 1.54) is 13.2 Å². The summed E-state index contributed by atoms with van der Waals surface area (Å²) in [4.78, 5) is 26.9. The van der Waals surface area contributed by atoms with E-state index in [2.05, 4.69) is 47.8 Å². The molecule has 2 aromatic carbocycles. The number of fused-ring (bicyclic) bond motifs is 2. The molecule has 0 bridgehead atoms. The Morgan fingerprint density at radius 3 is 2.09 bits per heavy atom. The molecule has 0 amide bonds. The highest BCUT2D eigenvalue weighted by atomic mass is 79.9. The summed E-state index contributed by atoms with van der Waals surface area (Å²) in [7, 11) is -3.47. The first-order valence-electron chi connectivity index (χ1n) is 9.41. The molecule has 0 aliphatic heterocycles. The van der Waals surface area contributed by atoms with Gasteiger partial charge in [0.2, 0.25) is 5.78 Å². The third kappa shape index (κ3) is 4.71. The Hall–Kier alpha value is -1.51. The number of carbonyl (C=O) groups is 2. The molecule has 33 heavy (non-hydrogen) atoms. The van der Waals surface area contributed by atoms with Gasteiger partial charge in [-0.15, -0.1) is 0 Å². The number of ether oxygens (including phenoxy) is 1. The summed E-state index contributed by atoms with van der Waals surface area (Å²) in [5, 5.41) is 21.1. The third-order valence-corrected chi connectivity index (χ3v) is 7.99. The van der Waals surface area contributed by atoms with Crippen molar-refractivity contribution >= 4 is 69.8 Å². The van der Waals surface area contributed by atoms with Gasteiger partial charge in [0.15, 0.2) is 5.78 Å². The fourth-order valence-electron chi connectivity index (χ4n) is 3.74. The van der Waals surface area contributed by atoms with E-state index in [0.29, 0.717) is 6.42 Å². The quantitative estimate of drug-likeness (QED) is 0.304. The summed E-state index contributed by atoms with van der Waals surface area (Å²) in [6.45, 7) is 1.79. The lowest BCUT2D eigenvalue weighted by Crippen LogP contribution is -2.25. The first-order chi connectivity index (χ1) is 15.3. The number of hydrogen-bond donors (Lipinski definition) is 3. The van der Waals surface area contributed by atoms with Crippen molar-refractivity contribution in [3.8, 4) is 17.2 Å². The van der Waals surface area contributed by atoms with Crippen molar-refractivity contribution < 1.29 is 41.7 Å². The van der Waals surface area contributed by atoms with E-state index >= 15 is 0 Å². The molecule has 178 valence electrons. The zero-order chi connectivity index (χ0) is 24.8. The summed E-state index contributed by atoms with van der Waals surface area (Å²) >= 11 is 9.60. The predicted molar refractivity (Wildman–Crippen MR) is 128 cm³/mol. The van der Waals surface area contributed by atoms with Crippen LogP contribution in [0.2, 0.25) is 0 Å². The summed E-state index contributed by atoms with van der Waals surface area (Å²) in [6, 6.07) is 1.23. The van der Waals surface area contributed by atoms with Crippen molar-refractivity contribution in [3.63, 3.8) is 0 Å². The van der Waals surface area contributed by atoms with Crippen molar-refractivity contribution in [1.82, 2.24) is 0 Å².